The summed E-state index contributed by atoms with van der Waals surface area (Å²) in [6.45, 7) is -0.288. The number of aliphatic hydroxyl groups is 2. The molecule has 9 nitrogen and oxygen atoms in total. The van der Waals surface area contributed by atoms with Crippen molar-refractivity contribution in [2.45, 2.75) is 30.9 Å². The first kappa shape index (κ1) is 13.4. The third kappa shape index (κ3) is 2.06. The van der Waals surface area contributed by atoms with E-state index in [0.29, 0.717) is 0 Å². The van der Waals surface area contributed by atoms with Crippen LogP contribution in [0.25, 0.3) is 0 Å². The van der Waals surface area contributed by atoms with Gasteiger partial charge in [0.2, 0.25) is 0 Å². The van der Waals surface area contributed by atoms with Crippen LogP contribution < -0.4 is 11.1 Å². The highest BCUT2D eigenvalue weighted by atomic mass is 19.2. The molecule has 0 aromatic rings. The molecule has 20 heavy (non-hydrogen) atoms. The van der Waals surface area contributed by atoms with Gasteiger partial charge in [-0.2, -0.15) is 9.38 Å². The first-order valence-electron chi connectivity index (χ1n) is 6.07. The fraction of sp³-hybridized carbons (Fsp3) is 0.700. The molecule has 0 saturated carbocycles. The summed E-state index contributed by atoms with van der Waals surface area (Å²) in [4.78, 5) is 20.6. The summed E-state index contributed by atoms with van der Waals surface area (Å²) in [6.07, 6.45) is -2.03. The fourth-order valence-corrected chi connectivity index (χ4v) is 2.41. The van der Waals surface area contributed by atoms with E-state index < -0.39 is 30.4 Å². The van der Waals surface area contributed by atoms with Crippen LogP contribution in [-0.2, 0) is 9.53 Å². The molecule has 1 fully saturated rings. The van der Waals surface area contributed by atoms with Gasteiger partial charge in [-0.15, -0.1) is 0 Å². The predicted octanol–water partition coefficient (Wildman–Crippen LogP) is -2.76. The van der Waals surface area contributed by atoms with Crippen LogP contribution in [0.5, 0.6) is 0 Å². The van der Waals surface area contributed by atoms with Gasteiger partial charge in [0, 0.05) is 6.42 Å². The van der Waals surface area contributed by atoms with Crippen molar-refractivity contribution in [3.8, 4) is 0 Å². The molecule has 0 aromatic carbocycles. The van der Waals surface area contributed by atoms with Crippen LogP contribution in [0.1, 0.15) is 6.42 Å². The van der Waals surface area contributed by atoms with Crippen molar-refractivity contribution in [2.24, 2.45) is 15.7 Å². The van der Waals surface area contributed by atoms with E-state index in [9.17, 15) is 14.3 Å². The van der Waals surface area contributed by atoms with Gasteiger partial charge in [-0.1, -0.05) is 0 Å². The molecule has 3 rings (SSSR count). The zero-order chi connectivity index (χ0) is 14.5. The molecule has 10 heteroatoms. The number of ether oxygens (including phenoxy) is 1. The molecule has 0 spiro atoms. The highest BCUT2D eigenvalue weighted by Crippen LogP contribution is 2.27. The van der Waals surface area contributed by atoms with Crippen LogP contribution in [0.15, 0.2) is 9.98 Å². The van der Waals surface area contributed by atoms with Crippen LogP contribution in [0, 0.1) is 0 Å². The minimum Gasteiger partial charge on any atom is -0.394 e. The van der Waals surface area contributed by atoms with Gasteiger partial charge >= 0.3 is 6.04 Å². The summed E-state index contributed by atoms with van der Waals surface area (Å²) in [7, 11) is 0. The van der Waals surface area contributed by atoms with Crippen LogP contribution in [0.3, 0.4) is 0 Å². The molecule has 0 aromatic heterocycles. The highest BCUT2D eigenvalue weighted by Gasteiger charge is 2.46. The Morgan fingerprint density at radius 1 is 1.65 bits per heavy atom. The Bertz CT molecular complexity index is 508. The zero-order valence-electron chi connectivity index (χ0n) is 10.4. The number of amidine groups is 1. The van der Waals surface area contributed by atoms with Crippen molar-refractivity contribution in [3.63, 3.8) is 0 Å². The number of alkyl halides is 1. The van der Waals surface area contributed by atoms with E-state index in [1.807, 2.05) is 5.32 Å². The van der Waals surface area contributed by atoms with Crippen LogP contribution in [0.4, 0.5) is 4.39 Å². The molecule has 3 aliphatic heterocycles. The maximum atomic E-state index is 13.7. The second-order valence-corrected chi connectivity index (χ2v) is 4.80. The standard InChI is InChI=1S/C10H14FN5O4/c11-10(12)14-8-7(9(19)15-10)13-3-16(8)6-1-4(18)5(2-17)20-6/h4-6,17-18H,1-3,12H2,(H,15,19)/t4-,5+,6+,10?/m0/s1. The van der Waals surface area contributed by atoms with Gasteiger partial charge in [0.25, 0.3) is 5.91 Å². The summed E-state index contributed by atoms with van der Waals surface area (Å²) in [5, 5.41) is 20.6. The number of nitrogens with two attached hydrogens (primary N) is 1. The third-order valence-electron chi connectivity index (χ3n) is 3.37. The number of amides is 1. The lowest BCUT2D eigenvalue weighted by molar-refractivity contribution is -0.118. The number of hydrogen-bond donors (Lipinski definition) is 4. The van der Waals surface area contributed by atoms with E-state index in [2.05, 4.69) is 9.98 Å². The minimum absolute atomic E-state index is 0.00506. The SMILES string of the molecule is NC1(F)N=C2C(=NCN2[C@H]2C[C@H](O)[C@@H](CO)O2)C(=O)N1. The van der Waals surface area contributed by atoms with Crippen LogP contribution >= 0.6 is 0 Å². The molecule has 3 heterocycles. The maximum Gasteiger partial charge on any atom is 0.339 e. The summed E-state index contributed by atoms with van der Waals surface area (Å²) >= 11 is 0. The summed E-state index contributed by atoms with van der Waals surface area (Å²) in [5.74, 6) is -0.755. The number of halogens is 1. The Hall–Kier alpha value is -1.62. The maximum absolute atomic E-state index is 13.7. The summed E-state index contributed by atoms with van der Waals surface area (Å²) in [6, 6.07) is -2.69. The number of carbonyl (C=O) groups excluding carboxylic acids is 1. The number of carbonyl (C=O) groups is 1. The number of fused-ring (bicyclic) bond motifs is 1. The largest absolute Gasteiger partial charge is 0.394 e. The molecule has 0 bridgehead atoms. The molecule has 3 aliphatic rings. The van der Waals surface area contributed by atoms with E-state index in [1.165, 1.54) is 4.90 Å². The second-order valence-electron chi connectivity index (χ2n) is 4.80. The van der Waals surface area contributed by atoms with Crippen molar-refractivity contribution in [3.05, 3.63) is 0 Å². The molecule has 0 aliphatic carbocycles. The van der Waals surface area contributed by atoms with Crippen molar-refractivity contribution < 1.29 is 24.1 Å². The van der Waals surface area contributed by atoms with E-state index in [4.69, 9.17) is 15.6 Å². The van der Waals surface area contributed by atoms with Gasteiger partial charge < -0.3 is 19.8 Å². The molecular weight excluding hydrogens is 273 g/mol. The monoisotopic (exact) mass is 287 g/mol. The number of hydrogen-bond acceptors (Lipinski definition) is 8. The molecular formula is C10H14FN5O4. The first-order valence-corrected chi connectivity index (χ1v) is 6.07. The average molecular weight is 287 g/mol. The molecule has 1 saturated heterocycles. The Balaban J connectivity index is 1.84. The Kier molecular flexibility index (Phi) is 2.97. The van der Waals surface area contributed by atoms with Crippen LogP contribution in [-0.4, -0.2) is 70.3 Å². The Morgan fingerprint density at radius 2 is 2.40 bits per heavy atom. The predicted molar refractivity (Wildman–Crippen MR) is 64.1 cm³/mol. The van der Waals surface area contributed by atoms with Gasteiger partial charge in [-0.3, -0.25) is 20.8 Å². The van der Waals surface area contributed by atoms with Gasteiger partial charge in [-0.25, -0.2) is 0 Å². The third-order valence-corrected chi connectivity index (χ3v) is 3.37. The zero-order valence-corrected chi connectivity index (χ0v) is 10.4. The lowest BCUT2D eigenvalue weighted by Gasteiger charge is -2.29. The van der Waals surface area contributed by atoms with Gasteiger partial charge in [0.1, 0.15) is 19.0 Å². The minimum atomic E-state index is -2.69. The molecule has 5 N–H and O–H groups in total. The van der Waals surface area contributed by atoms with Gasteiger partial charge in [0.15, 0.2) is 11.5 Å². The normalized spacial score (nSPS) is 40.3. The Morgan fingerprint density at radius 3 is 3.05 bits per heavy atom. The second kappa shape index (κ2) is 4.45. The summed E-state index contributed by atoms with van der Waals surface area (Å²) in [5.41, 5.74) is 5.15. The van der Waals surface area contributed by atoms with E-state index in [-0.39, 0.29) is 31.2 Å². The lowest BCUT2D eigenvalue weighted by atomic mass is 10.2. The van der Waals surface area contributed by atoms with Gasteiger partial charge in [0.05, 0.1) is 12.7 Å². The van der Waals surface area contributed by atoms with Crippen molar-refractivity contribution in [2.75, 3.05) is 13.3 Å². The van der Waals surface area contributed by atoms with E-state index in [1.54, 1.807) is 0 Å². The number of nitrogens with zero attached hydrogens (tertiary/aromatic N) is 3. The van der Waals surface area contributed by atoms with Crippen molar-refractivity contribution >= 4 is 17.5 Å². The molecule has 110 valence electrons. The van der Waals surface area contributed by atoms with Gasteiger partial charge in [-0.05, 0) is 0 Å². The lowest BCUT2D eigenvalue weighted by Crippen LogP contribution is -2.60. The van der Waals surface area contributed by atoms with Crippen molar-refractivity contribution in [1.82, 2.24) is 10.2 Å². The summed E-state index contributed by atoms with van der Waals surface area (Å²) < 4.78 is 19.1. The number of aliphatic imine (C=N–C) groups is 2. The molecule has 1 amide bonds. The number of aliphatic hydroxyl groups excluding tert-OH is 2. The van der Waals surface area contributed by atoms with E-state index >= 15 is 0 Å². The van der Waals surface area contributed by atoms with E-state index in [0.717, 1.165) is 0 Å². The first-order chi connectivity index (χ1) is 9.41. The Labute approximate surface area is 112 Å². The molecule has 1 unspecified atom stereocenters. The highest BCUT2D eigenvalue weighted by molar-refractivity contribution is 6.67. The van der Waals surface area contributed by atoms with Crippen molar-refractivity contribution in [1.29, 1.82) is 0 Å². The number of rotatable bonds is 2. The number of nitrogens with one attached hydrogen (secondary N) is 1. The molecule has 0 radical (unpaired) electrons. The average Bonchev–Trinajstić information content (AvgIpc) is 2.91. The quantitative estimate of drug-likeness (QED) is 0.407. The smallest absolute Gasteiger partial charge is 0.339 e. The topological polar surface area (TPSA) is 133 Å². The van der Waals surface area contributed by atoms with Crippen LogP contribution in [0.2, 0.25) is 0 Å². The fourth-order valence-electron chi connectivity index (χ4n) is 2.41. The molecule has 4 atom stereocenters.